The molecule has 0 saturated carbocycles. The third-order valence-corrected chi connectivity index (χ3v) is 3.97. The summed E-state index contributed by atoms with van der Waals surface area (Å²) in [4.78, 5) is 25.9. The van der Waals surface area contributed by atoms with Crippen LogP contribution in [0.5, 0.6) is 0 Å². The Morgan fingerprint density at radius 1 is 1.44 bits per heavy atom. The number of nitrogens with zero attached hydrogens (tertiary/aromatic N) is 3. The van der Waals surface area contributed by atoms with Gasteiger partial charge in [0.1, 0.15) is 6.73 Å². The van der Waals surface area contributed by atoms with Crippen LogP contribution < -0.4 is 11.2 Å². The lowest BCUT2D eigenvalue weighted by molar-refractivity contribution is 0.0813. The Morgan fingerprint density at radius 3 is 2.67 bits per heavy atom. The number of aromatic nitrogens is 3. The zero-order valence-electron chi connectivity index (χ0n) is 10.7. The Bertz CT molecular complexity index is 564. The molecule has 7 nitrogen and oxygen atoms in total. The average molecular weight is 268 g/mol. The smallest absolute Gasteiger partial charge is 0.361 e. The fourth-order valence-corrected chi connectivity index (χ4v) is 1.90. The summed E-state index contributed by atoms with van der Waals surface area (Å²) in [6, 6.07) is 0.945. The number of hydrogen-bond donors (Lipinski definition) is 1. The van der Waals surface area contributed by atoms with Gasteiger partial charge in [0, 0.05) is 14.7 Å². The van der Waals surface area contributed by atoms with E-state index in [0.717, 1.165) is 10.6 Å². The Morgan fingerprint density at radius 2 is 2.11 bits per heavy atom. The molecule has 1 aromatic rings. The van der Waals surface area contributed by atoms with Gasteiger partial charge in [-0.1, -0.05) is 26.2 Å². The molecule has 1 heterocycles. The fourth-order valence-electron chi connectivity index (χ4n) is 1.15. The van der Waals surface area contributed by atoms with E-state index in [2.05, 4.69) is 34.7 Å². The van der Waals surface area contributed by atoms with Crippen LogP contribution in [0.15, 0.2) is 9.59 Å². The molecule has 98 valence electrons. The first-order valence-corrected chi connectivity index (χ1v) is 9.20. The topological polar surface area (TPSA) is 81.3 Å². The van der Waals surface area contributed by atoms with Crippen molar-refractivity contribution in [3.8, 4) is 0 Å². The van der Waals surface area contributed by atoms with Crippen molar-refractivity contribution in [1.29, 1.82) is 0 Å². The number of rotatable bonds is 5. The van der Waals surface area contributed by atoms with Gasteiger partial charge in [-0.2, -0.15) is 0 Å². The van der Waals surface area contributed by atoms with Crippen molar-refractivity contribution in [2.24, 2.45) is 0 Å². The second kappa shape index (κ2) is 5.75. The lowest BCUT2D eigenvalue weighted by Crippen LogP contribution is -2.36. The number of H-pyrrole nitrogens is 1. The van der Waals surface area contributed by atoms with Gasteiger partial charge in [0.2, 0.25) is 0 Å². The van der Waals surface area contributed by atoms with E-state index in [9.17, 15) is 9.59 Å². The van der Waals surface area contributed by atoms with E-state index in [0.29, 0.717) is 6.61 Å². The molecule has 0 aliphatic heterocycles. The lowest BCUT2D eigenvalue weighted by atomic mass is 10.7. The van der Waals surface area contributed by atoms with Crippen LogP contribution in [0.3, 0.4) is 0 Å². The fraction of sp³-hybridized carbons (Fsp3) is 0.600. The molecule has 0 bridgehead atoms. The minimum Gasteiger partial charge on any atom is -0.361 e. The normalized spacial score (nSPS) is 11.2. The second-order valence-electron chi connectivity index (χ2n) is 5.05. The Kier molecular flexibility index (Phi) is 4.58. The molecule has 0 spiro atoms. The van der Waals surface area contributed by atoms with E-state index in [1.807, 2.05) is 0 Å². The highest BCUT2D eigenvalue weighted by Crippen LogP contribution is 2.07. The largest absolute Gasteiger partial charge is 0.362 e. The monoisotopic (exact) mass is 268 g/mol. The SMILES string of the molecule is [C-]#[N+]c1n[nH]c(=O)n(COCC[Si](C)(C)C)c1=O. The third kappa shape index (κ3) is 3.94. The molecule has 18 heavy (non-hydrogen) atoms. The van der Waals surface area contributed by atoms with Gasteiger partial charge in [0.15, 0.2) is 0 Å². The first-order chi connectivity index (χ1) is 8.35. The molecule has 0 fully saturated rings. The summed E-state index contributed by atoms with van der Waals surface area (Å²) in [6.07, 6.45) is 0. The van der Waals surface area contributed by atoms with Gasteiger partial charge in [-0.15, -0.1) is 5.10 Å². The molecule has 1 aromatic heterocycles. The van der Waals surface area contributed by atoms with Crippen molar-refractivity contribution in [1.82, 2.24) is 14.8 Å². The number of aromatic amines is 1. The second-order valence-corrected chi connectivity index (χ2v) is 10.7. The van der Waals surface area contributed by atoms with Crippen molar-refractivity contribution >= 4 is 13.9 Å². The number of nitrogens with one attached hydrogen (secondary N) is 1. The van der Waals surface area contributed by atoms with Gasteiger partial charge in [-0.25, -0.2) is 9.36 Å². The molecule has 0 aliphatic rings. The van der Waals surface area contributed by atoms with Crippen LogP contribution >= 0.6 is 0 Å². The summed E-state index contributed by atoms with van der Waals surface area (Å²) in [5, 5.41) is 5.44. The van der Waals surface area contributed by atoms with Gasteiger partial charge in [-0.3, -0.25) is 4.79 Å². The highest BCUT2D eigenvalue weighted by atomic mass is 28.3. The first kappa shape index (κ1) is 14.3. The van der Waals surface area contributed by atoms with Crippen LogP contribution in [-0.2, 0) is 11.5 Å². The van der Waals surface area contributed by atoms with E-state index in [4.69, 9.17) is 11.3 Å². The number of hydrogen-bond acceptors (Lipinski definition) is 4. The minimum absolute atomic E-state index is 0.149. The third-order valence-electron chi connectivity index (χ3n) is 2.26. The molecule has 0 amide bonds. The van der Waals surface area contributed by atoms with Crippen molar-refractivity contribution < 1.29 is 4.74 Å². The van der Waals surface area contributed by atoms with Crippen LogP contribution in [0.4, 0.5) is 5.82 Å². The summed E-state index contributed by atoms with van der Waals surface area (Å²) in [5.41, 5.74) is -1.39. The van der Waals surface area contributed by atoms with Gasteiger partial charge < -0.3 is 9.58 Å². The van der Waals surface area contributed by atoms with Crippen LogP contribution in [0, 0.1) is 6.57 Å². The summed E-state index contributed by atoms with van der Waals surface area (Å²) in [7, 11) is -1.20. The molecule has 0 aromatic carbocycles. The van der Waals surface area contributed by atoms with Gasteiger partial charge in [-0.05, 0) is 11.1 Å². The predicted octanol–water partition coefficient (Wildman–Crippen LogP) is 0.795. The van der Waals surface area contributed by atoms with Crippen LogP contribution in [0.25, 0.3) is 4.85 Å². The van der Waals surface area contributed by atoms with Crippen LogP contribution in [-0.4, -0.2) is 29.4 Å². The summed E-state index contributed by atoms with van der Waals surface area (Å²) in [5.74, 6) is -0.358. The van der Waals surface area contributed by atoms with Gasteiger partial charge in [0.25, 0.3) is 5.56 Å². The van der Waals surface area contributed by atoms with E-state index >= 15 is 0 Å². The maximum Gasteiger partial charge on any atom is 0.362 e. The maximum atomic E-state index is 11.6. The molecule has 0 aliphatic carbocycles. The predicted molar refractivity (Wildman–Crippen MR) is 69.5 cm³/mol. The standard InChI is InChI=1S/C10H16N4O3Si/c1-11-8-9(15)14(10(16)13-12-8)7-17-5-6-18(2,3)4/h5-7H2,2-4H3,(H,13,16). The molecule has 0 saturated heterocycles. The zero-order chi connectivity index (χ0) is 13.8. The van der Waals surface area contributed by atoms with E-state index in [-0.39, 0.29) is 12.5 Å². The molecule has 0 radical (unpaired) electrons. The summed E-state index contributed by atoms with van der Waals surface area (Å²) >= 11 is 0. The minimum atomic E-state index is -1.20. The Hall–Kier alpha value is -1.72. The van der Waals surface area contributed by atoms with Crippen molar-refractivity contribution in [3.05, 3.63) is 32.3 Å². The van der Waals surface area contributed by atoms with Crippen LogP contribution in [0.1, 0.15) is 0 Å². The Labute approximate surface area is 105 Å². The quantitative estimate of drug-likeness (QED) is 0.486. The highest BCUT2D eigenvalue weighted by Gasteiger charge is 2.13. The molecular formula is C10H16N4O3Si. The number of ether oxygens (including phenoxy) is 1. The summed E-state index contributed by atoms with van der Waals surface area (Å²) < 4.78 is 6.14. The van der Waals surface area contributed by atoms with E-state index in [1.54, 1.807) is 0 Å². The highest BCUT2D eigenvalue weighted by molar-refractivity contribution is 6.76. The van der Waals surface area contributed by atoms with Crippen molar-refractivity contribution in [2.75, 3.05) is 6.61 Å². The molecule has 0 unspecified atom stereocenters. The molecule has 8 heteroatoms. The van der Waals surface area contributed by atoms with Crippen molar-refractivity contribution in [2.45, 2.75) is 32.4 Å². The van der Waals surface area contributed by atoms with Crippen LogP contribution in [0.2, 0.25) is 25.7 Å². The summed E-state index contributed by atoms with van der Waals surface area (Å²) in [6.45, 7) is 13.7. The van der Waals surface area contributed by atoms with Gasteiger partial charge in [0.05, 0.1) is 0 Å². The molecule has 1 rings (SSSR count). The molecular weight excluding hydrogens is 252 g/mol. The van der Waals surface area contributed by atoms with E-state index < -0.39 is 19.3 Å². The van der Waals surface area contributed by atoms with Crippen molar-refractivity contribution in [3.63, 3.8) is 0 Å². The average Bonchev–Trinajstić information content (AvgIpc) is 2.26. The molecule has 0 atom stereocenters. The Balaban J connectivity index is 2.72. The lowest BCUT2D eigenvalue weighted by Gasteiger charge is -2.15. The first-order valence-electron chi connectivity index (χ1n) is 5.50. The zero-order valence-corrected chi connectivity index (χ0v) is 11.7. The van der Waals surface area contributed by atoms with E-state index in [1.165, 1.54) is 0 Å². The maximum absolute atomic E-state index is 11.6. The van der Waals surface area contributed by atoms with Gasteiger partial charge >= 0.3 is 11.5 Å². The molecule has 1 N–H and O–H groups in total.